The van der Waals surface area contributed by atoms with E-state index in [2.05, 4.69) is 0 Å². The van der Waals surface area contributed by atoms with Gasteiger partial charge in [-0.15, -0.1) is 0 Å². The van der Waals surface area contributed by atoms with Gasteiger partial charge in [-0.3, -0.25) is 4.79 Å². The fraction of sp³-hybridized carbons (Fsp3) is 0.316. The Kier molecular flexibility index (Phi) is 6.58. The van der Waals surface area contributed by atoms with E-state index in [1.807, 2.05) is 0 Å². The number of piperazine rings is 1. The second kappa shape index (κ2) is 8.79. The van der Waals surface area contributed by atoms with Gasteiger partial charge in [-0.1, -0.05) is 23.2 Å². The molecule has 0 radical (unpaired) electrons. The Labute approximate surface area is 179 Å². The molecule has 1 saturated heterocycles. The number of nitrogens with zero attached hydrogens (tertiary/aromatic N) is 2. The van der Waals surface area contributed by atoms with Crippen LogP contribution in [-0.2, 0) is 10.0 Å². The number of hydrogen-bond donors (Lipinski definition) is 0. The van der Waals surface area contributed by atoms with E-state index >= 15 is 0 Å². The highest BCUT2D eigenvalue weighted by molar-refractivity contribution is 7.89. The van der Waals surface area contributed by atoms with Crippen molar-refractivity contribution in [2.24, 2.45) is 0 Å². The van der Waals surface area contributed by atoms with Crippen LogP contribution in [0.15, 0.2) is 41.3 Å². The molecule has 0 N–H and O–H groups in total. The van der Waals surface area contributed by atoms with Gasteiger partial charge in [0.25, 0.3) is 5.91 Å². The zero-order valence-corrected chi connectivity index (χ0v) is 18.2. The van der Waals surface area contributed by atoms with Crippen LogP contribution in [0, 0.1) is 0 Å². The average molecular weight is 459 g/mol. The molecule has 0 saturated carbocycles. The Morgan fingerprint density at radius 1 is 0.966 bits per heavy atom. The molecule has 1 aliphatic heterocycles. The summed E-state index contributed by atoms with van der Waals surface area (Å²) in [6, 6.07) is 9.28. The lowest BCUT2D eigenvalue weighted by Crippen LogP contribution is -2.50. The molecule has 10 heteroatoms. The van der Waals surface area contributed by atoms with E-state index in [1.54, 1.807) is 29.2 Å². The molecule has 2 aromatic rings. The van der Waals surface area contributed by atoms with Crippen LogP contribution in [0.3, 0.4) is 0 Å². The number of hydrogen-bond acceptors (Lipinski definition) is 5. The van der Waals surface area contributed by atoms with Crippen LogP contribution in [0.5, 0.6) is 11.5 Å². The van der Waals surface area contributed by atoms with Crippen LogP contribution in [0.4, 0.5) is 0 Å². The highest BCUT2D eigenvalue weighted by Gasteiger charge is 2.33. The van der Waals surface area contributed by atoms with Gasteiger partial charge in [0.2, 0.25) is 10.0 Å². The van der Waals surface area contributed by atoms with E-state index in [0.29, 0.717) is 21.4 Å². The van der Waals surface area contributed by atoms with Gasteiger partial charge in [-0.05, 0) is 30.3 Å². The molecule has 0 unspecified atom stereocenters. The second-order valence-corrected chi connectivity index (χ2v) is 9.09. The van der Waals surface area contributed by atoms with Crippen LogP contribution < -0.4 is 9.47 Å². The summed E-state index contributed by atoms with van der Waals surface area (Å²) < 4.78 is 37.9. The smallest absolute Gasteiger partial charge is 0.255 e. The lowest BCUT2D eigenvalue weighted by atomic mass is 10.2. The van der Waals surface area contributed by atoms with E-state index in [1.165, 1.54) is 30.7 Å². The third-order valence-electron chi connectivity index (χ3n) is 4.67. The number of carbonyl (C=O) groups is 1. The van der Waals surface area contributed by atoms with Gasteiger partial charge in [0.1, 0.15) is 16.4 Å². The number of rotatable bonds is 5. The predicted molar refractivity (Wildman–Crippen MR) is 111 cm³/mol. The van der Waals surface area contributed by atoms with Crippen molar-refractivity contribution in [3.63, 3.8) is 0 Å². The van der Waals surface area contributed by atoms with Crippen LogP contribution in [0.1, 0.15) is 10.4 Å². The Balaban J connectivity index is 1.78. The van der Waals surface area contributed by atoms with Crippen molar-refractivity contribution in [2.75, 3.05) is 40.4 Å². The maximum Gasteiger partial charge on any atom is 0.255 e. The maximum atomic E-state index is 13.1. The normalized spacial score (nSPS) is 15.2. The topological polar surface area (TPSA) is 76.2 Å². The van der Waals surface area contributed by atoms with Crippen LogP contribution >= 0.6 is 23.2 Å². The summed E-state index contributed by atoms with van der Waals surface area (Å²) in [5.41, 5.74) is 0.296. The molecular weight excluding hydrogens is 439 g/mol. The van der Waals surface area contributed by atoms with Gasteiger partial charge < -0.3 is 14.4 Å². The third-order valence-corrected chi connectivity index (χ3v) is 7.16. The first-order valence-corrected chi connectivity index (χ1v) is 10.9. The molecule has 29 heavy (non-hydrogen) atoms. The summed E-state index contributed by atoms with van der Waals surface area (Å²) in [7, 11) is -0.952. The first-order chi connectivity index (χ1) is 13.8. The predicted octanol–water partition coefficient (Wildman–Crippen LogP) is 3.16. The Hall–Kier alpha value is -2.00. The van der Waals surface area contributed by atoms with Crippen LogP contribution in [0.2, 0.25) is 10.0 Å². The molecule has 0 aromatic heterocycles. The Morgan fingerprint density at radius 3 is 2.28 bits per heavy atom. The molecule has 7 nitrogen and oxygen atoms in total. The number of methoxy groups -OCH3 is 2. The minimum atomic E-state index is -3.82. The summed E-state index contributed by atoms with van der Waals surface area (Å²) in [5.74, 6) is 0.359. The van der Waals surface area contributed by atoms with Crippen molar-refractivity contribution in [2.45, 2.75) is 4.90 Å². The molecule has 0 bridgehead atoms. The number of halogens is 2. The number of carbonyl (C=O) groups excluding carboxylic acids is 1. The quantitative estimate of drug-likeness (QED) is 0.687. The summed E-state index contributed by atoms with van der Waals surface area (Å²) >= 11 is 12.1. The van der Waals surface area contributed by atoms with Gasteiger partial charge in [0, 0.05) is 37.3 Å². The zero-order valence-electron chi connectivity index (χ0n) is 15.9. The van der Waals surface area contributed by atoms with E-state index in [0.717, 1.165) is 0 Å². The standard InChI is InChI=1S/C19H20Cl2N2O5S/c1-27-14-4-6-17(28-2)18(12-14)29(25,26)23-9-7-22(8-10-23)19(24)15-11-13(20)3-5-16(15)21/h3-6,11-12H,7-10H2,1-2H3. The number of amides is 1. The van der Waals surface area contributed by atoms with Crippen LogP contribution in [-0.4, -0.2) is 63.9 Å². The Morgan fingerprint density at radius 2 is 1.66 bits per heavy atom. The molecule has 2 aromatic carbocycles. The zero-order chi connectivity index (χ0) is 21.2. The van der Waals surface area contributed by atoms with Crippen molar-refractivity contribution in [1.29, 1.82) is 0 Å². The molecule has 156 valence electrons. The highest BCUT2D eigenvalue weighted by Crippen LogP contribution is 2.31. The second-order valence-electron chi connectivity index (χ2n) is 6.34. The van der Waals surface area contributed by atoms with Gasteiger partial charge in [0.15, 0.2) is 0 Å². The summed E-state index contributed by atoms with van der Waals surface area (Å²) in [6.07, 6.45) is 0. The molecule has 1 heterocycles. The minimum Gasteiger partial charge on any atom is -0.497 e. The average Bonchev–Trinajstić information content (AvgIpc) is 2.74. The largest absolute Gasteiger partial charge is 0.497 e. The summed E-state index contributed by atoms with van der Waals surface area (Å²) in [4.78, 5) is 14.3. The van der Waals surface area contributed by atoms with Gasteiger partial charge >= 0.3 is 0 Å². The Bertz CT molecular complexity index is 1020. The van der Waals surface area contributed by atoms with E-state index in [9.17, 15) is 13.2 Å². The van der Waals surface area contributed by atoms with Crippen molar-refractivity contribution in [3.05, 3.63) is 52.0 Å². The van der Waals surface area contributed by atoms with Crippen molar-refractivity contribution in [3.8, 4) is 11.5 Å². The van der Waals surface area contributed by atoms with Crippen molar-refractivity contribution in [1.82, 2.24) is 9.21 Å². The molecule has 1 fully saturated rings. The van der Waals surface area contributed by atoms with E-state index in [4.69, 9.17) is 32.7 Å². The van der Waals surface area contributed by atoms with Gasteiger partial charge in [0.05, 0.1) is 24.8 Å². The molecule has 1 amide bonds. The summed E-state index contributed by atoms with van der Waals surface area (Å²) in [6.45, 7) is 0.750. The lowest BCUT2D eigenvalue weighted by molar-refractivity contribution is 0.0698. The number of sulfonamides is 1. The lowest BCUT2D eigenvalue weighted by Gasteiger charge is -2.34. The first-order valence-electron chi connectivity index (χ1n) is 8.74. The van der Waals surface area contributed by atoms with Gasteiger partial charge in [-0.25, -0.2) is 8.42 Å². The van der Waals surface area contributed by atoms with Gasteiger partial charge in [-0.2, -0.15) is 4.31 Å². The minimum absolute atomic E-state index is 0.0250. The van der Waals surface area contributed by atoms with Crippen molar-refractivity contribution >= 4 is 39.1 Å². The SMILES string of the molecule is COc1ccc(OC)c(S(=O)(=O)N2CCN(C(=O)c3cc(Cl)ccc3Cl)CC2)c1. The first kappa shape index (κ1) is 21.7. The van der Waals surface area contributed by atoms with E-state index in [-0.39, 0.29) is 42.7 Å². The number of ether oxygens (including phenoxy) is 2. The fourth-order valence-electron chi connectivity index (χ4n) is 3.09. The molecule has 0 aliphatic carbocycles. The highest BCUT2D eigenvalue weighted by atomic mass is 35.5. The number of benzene rings is 2. The monoisotopic (exact) mass is 458 g/mol. The van der Waals surface area contributed by atoms with Crippen molar-refractivity contribution < 1.29 is 22.7 Å². The molecule has 0 spiro atoms. The maximum absolute atomic E-state index is 13.1. The molecule has 0 atom stereocenters. The third kappa shape index (κ3) is 4.45. The van der Waals surface area contributed by atoms with E-state index < -0.39 is 10.0 Å². The molecule has 3 rings (SSSR count). The van der Waals surface area contributed by atoms with Crippen LogP contribution in [0.25, 0.3) is 0 Å². The molecular formula is C19H20Cl2N2O5S. The summed E-state index contributed by atoms with van der Waals surface area (Å²) in [5, 5.41) is 0.708. The molecule has 1 aliphatic rings. The fourth-order valence-corrected chi connectivity index (χ4v) is 5.05.